The number of likely N-dealkylation sites (tertiary alicyclic amines) is 1. The minimum atomic E-state index is -4.15. The van der Waals surface area contributed by atoms with Crippen LogP contribution in [0.4, 0.5) is 17.3 Å². The monoisotopic (exact) mass is 582 g/mol. The van der Waals surface area contributed by atoms with E-state index in [0.29, 0.717) is 46.1 Å². The van der Waals surface area contributed by atoms with Gasteiger partial charge in [0.15, 0.2) is 11.6 Å². The van der Waals surface area contributed by atoms with Crippen LogP contribution in [0.1, 0.15) is 24.2 Å². The Kier molecular flexibility index (Phi) is 8.77. The van der Waals surface area contributed by atoms with E-state index in [1.54, 1.807) is 53.4 Å². The summed E-state index contributed by atoms with van der Waals surface area (Å²) in [6.07, 6.45) is 0.843. The Balaban J connectivity index is 0.00000370. The molecule has 0 bridgehead atoms. The molecule has 12 heteroatoms. The molecule has 40 heavy (non-hydrogen) atoms. The van der Waals surface area contributed by atoms with Crippen LogP contribution in [0.2, 0.25) is 5.02 Å². The predicted octanol–water partition coefficient (Wildman–Crippen LogP) is 4.91. The highest BCUT2D eigenvalue weighted by Crippen LogP contribution is 2.33. The third-order valence-corrected chi connectivity index (χ3v) is 8.17. The molecule has 2 heterocycles. The molecule has 1 unspecified atom stereocenters. The smallest absolute Gasteiger partial charge is 0.263 e. The fraction of sp³-hybridized carbons (Fsp3) is 0.250. The lowest BCUT2D eigenvalue weighted by Crippen LogP contribution is -2.33. The van der Waals surface area contributed by atoms with E-state index in [2.05, 4.69) is 25.3 Å². The molecular weight excluding hydrogens is 552 g/mol. The summed E-state index contributed by atoms with van der Waals surface area (Å²) in [5.74, 6) is 0.458. The molecule has 1 fully saturated rings. The largest absolute Gasteiger partial charge is 0.497 e. The Morgan fingerprint density at radius 3 is 2.42 bits per heavy atom. The first-order chi connectivity index (χ1) is 18.8. The van der Waals surface area contributed by atoms with Gasteiger partial charge in [-0.1, -0.05) is 37.2 Å². The third kappa shape index (κ3) is 6.11. The molecule has 0 aliphatic carbocycles. The van der Waals surface area contributed by atoms with E-state index in [1.165, 1.54) is 19.2 Å². The van der Waals surface area contributed by atoms with E-state index in [1.807, 2.05) is 13.1 Å². The number of carbonyl (C=O) groups excluding carboxylic acids is 1. The van der Waals surface area contributed by atoms with E-state index in [0.717, 1.165) is 6.42 Å². The fourth-order valence-electron chi connectivity index (χ4n) is 4.36. The summed E-state index contributed by atoms with van der Waals surface area (Å²) in [4.78, 5) is 23.8. The summed E-state index contributed by atoms with van der Waals surface area (Å²) in [5.41, 5.74) is 1.80. The number of nitrogens with zero attached hydrogens (tertiary/aromatic N) is 3. The molecule has 1 aliphatic rings. The van der Waals surface area contributed by atoms with E-state index >= 15 is 0 Å². The van der Waals surface area contributed by atoms with Crippen LogP contribution in [0.3, 0.4) is 0 Å². The summed E-state index contributed by atoms with van der Waals surface area (Å²) < 4.78 is 34.9. The molecule has 3 N–H and O–H groups in total. The molecule has 3 aromatic carbocycles. The van der Waals surface area contributed by atoms with Gasteiger partial charge >= 0.3 is 0 Å². The van der Waals surface area contributed by atoms with Gasteiger partial charge in [0.2, 0.25) is 0 Å². The summed E-state index contributed by atoms with van der Waals surface area (Å²) in [6.45, 7) is 1.17. The van der Waals surface area contributed by atoms with Crippen LogP contribution in [-0.4, -0.2) is 62.5 Å². The van der Waals surface area contributed by atoms with Crippen LogP contribution in [-0.2, 0) is 10.0 Å². The lowest BCUT2D eigenvalue weighted by atomic mass is 10.2. The highest BCUT2D eigenvalue weighted by atomic mass is 35.5. The highest BCUT2D eigenvalue weighted by molar-refractivity contribution is 7.92. The minimum absolute atomic E-state index is 0. The third-order valence-electron chi connectivity index (χ3n) is 6.50. The number of carbonyl (C=O) groups is 1. The number of hydrogen-bond acceptors (Lipinski definition) is 8. The second-order valence-electron chi connectivity index (χ2n) is 9.04. The molecular formula is C28H31ClN6O4S. The van der Waals surface area contributed by atoms with Crippen molar-refractivity contribution in [3.63, 3.8) is 0 Å². The predicted molar refractivity (Wildman–Crippen MR) is 158 cm³/mol. The molecule has 0 radical (unpaired) electrons. The van der Waals surface area contributed by atoms with Crippen LogP contribution in [0.5, 0.6) is 5.75 Å². The molecule has 1 atom stereocenters. The number of amides is 1. The van der Waals surface area contributed by atoms with Gasteiger partial charge in [0.1, 0.15) is 5.75 Å². The average molecular weight is 583 g/mol. The zero-order valence-corrected chi connectivity index (χ0v) is 22.9. The number of nitrogens with one attached hydrogen (secondary N) is 3. The van der Waals surface area contributed by atoms with Crippen molar-refractivity contribution in [2.24, 2.45) is 0 Å². The van der Waals surface area contributed by atoms with Gasteiger partial charge in [0.05, 0.1) is 33.7 Å². The molecule has 1 saturated heterocycles. The van der Waals surface area contributed by atoms with Crippen molar-refractivity contribution in [2.45, 2.75) is 24.8 Å². The molecule has 1 aliphatic heterocycles. The van der Waals surface area contributed by atoms with E-state index in [-0.39, 0.29) is 35.9 Å². The number of anilines is 3. The number of para-hydroxylation sites is 2. The van der Waals surface area contributed by atoms with E-state index < -0.39 is 10.0 Å². The summed E-state index contributed by atoms with van der Waals surface area (Å²) in [5, 5.41) is 6.64. The van der Waals surface area contributed by atoms with E-state index in [9.17, 15) is 13.2 Å². The lowest BCUT2D eigenvalue weighted by Gasteiger charge is -2.17. The van der Waals surface area contributed by atoms with Gasteiger partial charge in [-0.15, -0.1) is 0 Å². The van der Waals surface area contributed by atoms with Crippen molar-refractivity contribution in [1.29, 1.82) is 0 Å². The zero-order valence-electron chi connectivity index (χ0n) is 21.3. The number of ether oxygens (including phenoxy) is 1. The van der Waals surface area contributed by atoms with Crippen molar-refractivity contribution < 1.29 is 17.9 Å². The summed E-state index contributed by atoms with van der Waals surface area (Å²) >= 11 is 6.38. The Morgan fingerprint density at radius 2 is 1.75 bits per heavy atom. The second kappa shape index (κ2) is 12.1. The first-order valence-electron chi connectivity index (χ1n) is 12.2. The number of methoxy groups -OCH3 is 1. The Hall–Kier alpha value is -3.93. The molecule has 210 valence electrons. The minimum Gasteiger partial charge on any atom is -0.497 e. The van der Waals surface area contributed by atoms with Crippen LogP contribution in [0, 0.1) is 0 Å². The number of sulfonamides is 1. The van der Waals surface area contributed by atoms with Crippen LogP contribution in [0.15, 0.2) is 71.6 Å². The van der Waals surface area contributed by atoms with Crippen LogP contribution in [0.25, 0.3) is 11.0 Å². The van der Waals surface area contributed by atoms with Gasteiger partial charge in [-0.25, -0.2) is 18.4 Å². The lowest BCUT2D eigenvalue weighted by molar-refractivity contribution is 0.0789. The SMILES string of the molecule is C.CNC1CCN(C(=O)c2cccc(S(=O)(=O)Nc3nc4ccccc4nc3Nc3cc(OC)ccc3Cl)c2)C1. The van der Waals surface area contributed by atoms with Crippen LogP contribution >= 0.6 is 11.6 Å². The molecule has 0 saturated carbocycles. The molecule has 4 aromatic rings. The first-order valence-corrected chi connectivity index (χ1v) is 14.1. The topological polar surface area (TPSA) is 126 Å². The summed E-state index contributed by atoms with van der Waals surface area (Å²) in [6, 6.07) is 18.3. The van der Waals surface area contributed by atoms with Crippen LogP contribution < -0.4 is 20.1 Å². The normalized spacial score (nSPS) is 15.0. The number of hydrogen-bond donors (Lipinski definition) is 3. The maximum absolute atomic E-state index is 13.5. The number of likely N-dealkylation sites (N-methyl/N-ethyl adjacent to an activating group) is 1. The van der Waals surface area contributed by atoms with Crippen molar-refractivity contribution in [3.8, 4) is 5.75 Å². The maximum Gasteiger partial charge on any atom is 0.263 e. The number of fused-ring (bicyclic) bond motifs is 1. The molecule has 0 spiro atoms. The first kappa shape index (κ1) is 29.1. The molecule has 1 amide bonds. The number of rotatable bonds is 8. The average Bonchev–Trinajstić information content (AvgIpc) is 3.43. The quantitative estimate of drug-likeness (QED) is 0.268. The van der Waals surface area contributed by atoms with Gasteiger partial charge in [-0.05, 0) is 55.9 Å². The number of halogens is 1. The molecule has 1 aromatic heterocycles. The maximum atomic E-state index is 13.5. The Labute approximate surface area is 238 Å². The van der Waals surface area contributed by atoms with Gasteiger partial charge in [-0.3, -0.25) is 9.52 Å². The Bertz CT molecular complexity index is 1650. The van der Waals surface area contributed by atoms with E-state index in [4.69, 9.17) is 16.3 Å². The second-order valence-corrected chi connectivity index (χ2v) is 11.1. The zero-order chi connectivity index (χ0) is 27.6. The van der Waals surface area contributed by atoms with Crippen molar-refractivity contribution in [3.05, 3.63) is 77.3 Å². The Morgan fingerprint density at radius 1 is 1.02 bits per heavy atom. The highest BCUT2D eigenvalue weighted by Gasteiger charge is 2.27. The number of benzene rings is 3. The van der Waals surface area contributed by atoms with Crippen molar-refractivity contribution in [1.82, 2.24) is 20.2 Å². The standard InChI is InChI=1S/C27H27ClN6O4S.CH4/c1-29-18-12-13-34(16-18)27(35)17-6-5-7-20(14-17)39(36,37)33-26-25(30-22-8-3-4-9-23(22)31-26)32-24-15-19(38-2)10-11-21(24)28;/h3-11,14-15,18,29H,12-13,16H2,1-2H3,(H,30,32)(H,31,33);1H4. The van der Waals surface area contributed by atoms with Crippen molar-refractivity contribution >= 4 is 55.9 Å². The molecule has 10 nitrogen and oxygen atoms in total. The van der Waals surface area contributed by atoms with Gasteiger partial charge in [0, 0.05) is 30.8 Å². The van der Waals surface area contributed by atoms with Crippen molar-refractivity contribution in [2.75, 3.05) is 37.3 Å². The fourth-order valence-corrected chi connectivity index (χ4v) is 5.58. The molecule has 5 rings (SSSR count). The van der Waals surface area contributed by atoms with Gasteiger partial charge < -0.3 is 20.3 Å². The van der Waals surface area contributed by atoms with Gasteiger partial charge in [0.25, 0.3) is 15.9 Å². The number of aromatic nitrogens is 2. The summed E-state index contributed by atoms with van der Waals surface area (Å²) in [7, 11) is -0.757. The van der Waals surface area contributed by atoms with Gasteiger partial charge in [-0.2, -0.15) is 0 Å².